The number of nitro groups is 1. The molecule has 110 valence electrons. The number of rotatable bonds is 8. The Balaban J connectivity index is 2.54. The molecule has 1 aromatic heterocycles. The third kappa shape index (κ3) is 4.67. The highest BCUT2D eigenvalue weighted by Crippen LogP contribution is 2.07. The first-order chi connectivity index (χ1) is 9.43. The maximum atomic E-state index is 11.9. The van der Waals surface area contributed by atoms with Gasteiger partial charge >= 0.3 is 11.8 Å². The third-order valence-corrected chi connectivity index (χ3v) is 2.56. The van der Waals surface area contributed by atoms with Crippen molar-refractivity contribution in [1.82, 2.24) is 14.5 Å². The van der Waals surface area contributed by atoms with Crippen molar-refractivity contribution in [2.75, 3.05) is 13.1 Å². The standard InChI is InChI=1S/C11H16N4O5/c1-2-4-14(7-11(17)18)10(16)3-5-13-6-9(12-8-13)15(19)20/h6,8H,2-5,7H2,1H3,(H,17,18). The Kier molecular flexibility index (Phi) is 5.63. The monoisotopic (exact) mass is 284 g/mol. The molecular weight excluding hydrogens is 268 g/mol. The number of carboxylic acids is 1. The van der Waals surface area contributed by atoms with E-state index in [0.717, 1.165) is 0 Å². The Hall–Kier alpha value is -2.45. The SMILES string of the molecule is CCCN(CC(=O)O)C(=O)CCn1cnc([N+](=O)[O-])c1. The van der Waals surface area contributed by atoms with Gasteiger partial charge in [0.2, 0.25) is 12.2 Å². The number of hydrogen-bond acceptors (Lipinski definition) is 5. The lowest BCUT2D eigenvalue weighted by Crippen LogP contribution is -2.36. The quantitative estimate of drug-likeness (QED) is 0.548. The van der Waals surface area contributed by atoms with Gasteiger partial charge in [0.15, 0.2) is 0 Å². The van der Waals surface area contributed by atoms with Gasteiger partial charge in [0, 0.05) is 19.5 Å². The van der Waals surface area contributed by atoms with Crippen LogP contribution in [0.25, 0.3) is 0 Å². The van der Waals surface area contributed by atoms with E-state index in [-0.39, 0.29) is 31.2 Å². The predicted molar refractivity (Wildman–Crippen MR) is 68.0 cm³/mol. The van der Waals surface area contributed by atoms with E-state index in [2.05, 4.69) is 4.98 Å². The number of aromatic nitrogens is 2. The van der Waals surface area contributed by atoms with Gasteiger partial charge in [-0.1, -0.05) is 6.92 Å². The van der Waals surface area contributed by atoms with Crippen LogP contribution in [0, 0.1) is 10.1 Å². The van der Waals surface area contributed by atoms with Gasteiger partial charge in [-0.25, -0.2) is 0 Å². The molecule has 20 heavy (non-hydrogen) atoms. The molecule has 0 fully saturated rings. The van der Waals surface area contributed by atoms with E-state index in [0.29, 0.717) is 13.0 Å². The summed E-state index contributed by atoms with van der Waals surface area (Å²) in [5.41, 5.74) is 0. The molecule has 0 saturated heterocycles. The number of carbonyl (C=O) groups excluding carboxylic acids is 1. The van der Waals surface area contributed by atoms with Crippen LogP contribution >= 0.6 is 0 Å². The molecule has 1 N–H and O–H groups in total. The van der Waals surface area contributed by atoms with Crippen LogP contribution in [0.5, 0.6) is 0 Å². The minimum absolute atomic E-state index is 0.0702. The molecule has 0 spiro atoms. The average Bonchev–Trinajstić information content (AvgIpc) is 2.84. The number of aliphatic carboxylic acids is 1. The molecule has 1 heterocycles. The second-order valence-corrected chi connectivity index (χ2v) is 4.19. The number of imidazole rings is 1. The summed E-state index contributed by atoms with van der Waals surface area (Å²) in [6.45, 7) is 2.10. The zero-order valence-corrected chi connectivity index (χ0v) is 11.1. The highest BCUT2D eigenvalue weighted by atomic mass is 16.6. The van der Waals surface area contributed by atoms with Crippen LogP contribution in [0.15, 0.2) is 12.5 Å². The topological polar surface area (TPSA) is 119 Å². The Bertz CT molecular complexity index is 499. The molecule has 1 rings (SSSR count). The van der Waals surface area contributed by atoms with Gasteiger partial charge in [0.25, 0.3) is 0 Å². The van der Waals surface area contributed by atoms with E-state index in [1.54, 1.807) is 0 Å². The minimum Gasteiger partial charge on any atom is -0.480 e. The lowest BCUT2D eigenvalue weighted by atomic mass is 10.3. The molecule has 9 nitrogen and oxygen atoms in total. The summed E-state index contributed by atoms with van der Waals surface area (Å²) in [5, 5.41) is 19.2. The normalized spacial score (nSPS) is 10.2. The fourth-order valence-electron chi connectivity index (χ4n) is 1.67. The van der Waals surface area contributed by atoms with Gasteiger partial charge in [-0.15, -0.1) is 0 Å². The molecule has 0 unspecified atom stereocenters. The lowest BCUT2D eigenvalue weighted by Gasteiger charge is -2.19. The third-order valence-electron chi connectivity index (χ3n) is 2.56. The molecule has 0 aliphatic rings. The van der Waals surface area contributed by atoms with Gasteiger partial charge in [0.1, 0.15) is 12.7 Å². The first-order valence-electron chi connectivity index (χ1n) is 6.09. The Labute approximate surface area is 115 Å². The van der Waals surface area contributed by atoms with Crippen molar-refractivity contribution < 1.29 is 19.6 Å². The molecule has 0 radical (unpaired) electrons. The zero-order chi connectivity index (χ0) is 15.1. The summed E-state index contributed by atoms with van der Waals surface area (Å²) in [5.74, 6) is -1.65. The summed E-state index contributed by atoms with van der Waals surface area (Å²) in [7, 11) is 0. The molecule has 0 bridgehead atoms. The molecule has 1 amide bonds. The van der Waals surface area contributed by atoms with E-state index < -0.39 is 10.9 Å². The van der Waals surface area contributed by atoms with Crippen LogP contribution in [0.4, 0.5) is 5.82 Å². The van der Waals surface area contributed by atoms with Crippen molar-refractivity contribution in [3.8, 4) is 0 Å². The first-order valence-corrected chi connectivity index (χ1v) is 6.09. The maximum Gasteiger partial charge on any atom is 0.381 e. The van der Waals surface area contributed by atoms with Crippen molar-refractivity contribution in [2.24, 2.45) is 0 Å². The fourth-order valence-corrected chi connectivity index (χ4v) is 1.67. The molecule has 9 heteroatoms. The van der Waals surface area contributed by atoms with E-state index >= 15 is 0 Å². The molecule has 0 saturated carbocycles. The number of carbonyl (C=O) groups is 2. The van der Waals surface area contributed by atoms with Crippen molar-refractivity contribution >= 4 is 17.7 Å². The zero-order valence-electron chi connectivity index (χ0n) is 11.1. The number of amides is 1. The van der Waals surface area contributed by atoms with Crippen LogP contribution in [0.2, 0.25) is 0 Å². The van der Waals surface area contributed by atoms with Crippen molar-refractivity contribution in [3.05, 3.63) is 22.6 Å². The molecule has 0 aliphatic heterocycles. The Morgan fingerprint density at radius 2 is 2.25 bits per heavy atom. The number of aryl methyl sites for hydroxylation is 1. The van der Waals surface area contributed by atoms with Crippen LogP contribution in [0.1, 0.15) is 19.8 Å². The van der Waals surface area contributed by atoms with E-state index in [9.17, 15) is 19.7 Å². The minimum atomic E-state index is -1.06. The molecular formula is C11H16N4O5. The van der Waals surface area contributed by atoms with E-state index in [1.807, 2.05) is 6.92 Å². The molecule has 1 aromatic rings. The first kappa shape index (κ1) is 15.6. The van der Waals surface area contributed by atoms with Gasteiger partial charge in [-0.05, 0) is 16.3 Å². The molecule has 0 aromatic carbocycles. The summed E-state index contributed by atoms with van der Waals surface area (Å²) < 4.78 is 1.43. The highest BCUT2D eigenvalue weighted by molar-refractivity contribution is 5.81. The second kappa shape index (κ2) is 7.22. The van der Waals surface area contributed by atoms with Crippen LogP contribution in [-0.2, 0) is 16.1 Å². The van der Waals surface area contributed by atoms with Crippen LogP contribution in [0.3, 0.4) is 0 Å². The van der Waals surface area contributed by atoms with Gasteiger partial charge in [-0.2, -0.15) is 0 Å². The Morgan fingerprint density at radius 3 is 2.75 bits per heavy atom. The van der Waals surface area contributed by atoms with Crippen molar-refractivity contribution in [1.29, 1.82) is 0 Å². The number of nitrogens with zero attached hydrogens (tertiary/aromatic N) is 4. The summed E-state index contributed by atoms with van der Waals surface area (Å²) in [4.78, 5) is 37.2. The number of hydrogen-bond donors (Lipinski definition) is 1. The summed E-state index contributed by atoms with van der Waals surface area (Å²) >= 11 is 0. The number of carboxylic acid groups (broad SMARTS) is 1. The van der Waals surface area contributed by atoms with Gasteiger partial charge in [-0.3, -0.25) is 9.59 Å². The lowest BCUT2D eigenvalue weighted by molar-refractivity contribution is -0.389. The maximum absolute atomic E-state index is 11.9. The fraction of sp³-hybridized carbons (Fsp3) is 0.545. The van der Waals surface area contributed by atoms with Gasteiger partial charge < -0.3 is 24.7 Å². The van der Waals surface area contributed by atoms with Gasteiger partial charge in [0.05, 0.1) is 0 Å². The largest absolute Gasteiger partial charge is 0.480 e. The summed E-state index contributed by atoms with van der Waals surface area (Å²) in [6.07, 6.45) is 3.23. The molecule has 0 aliphatic carbocycles. The Morgan fingerprint density at radius 1 is 1.55 bits per heavy atom. The average molecular weight is 284 g/mol. The van der Waals surface area contributed by atoms with E-state index in [1.165, 1.54) is 22.0 Å². The van der Waals surface area contributed by atoms with Crippen LogP contribution < -0.4 is 0 Å². The second-order valence-electron chi connectivity index (χ2n) is 4.19. The van der Waals surface area contributed by atoms with Crippen molar-refractivity contribution in [2.45, 2.75) is 26.3 Å². The van der Waals surface area contributed by atoms with Crippen molar-refractivity contribution in [3.63, 3.8) is 0 Å². The highest BCUT2D eigenvalue weighted by Gasteiger charge is 2.16. The van der Waals surface area contributed by atoms with Crippen LogP contribution in [-0.4, -0.2) is 49.4 Å². The predicted octanol–water partition coefficient (Wildman–Crippen LogP) is 0.505. The molecule has 0 atom stereocenters. The van der Waals surface area contributed by atoms with E-state index in [4.69, 9.17) is 5.11 Å². The summed E-state index contributed by atoms with van der Waals surface area (Å²) in [6, 6.07) is 0. The smallest absolute Gasteiger partial charge is 0.381 e.